The maximum absolute atomic E-state index is 5.64. The summed E-state index contributed by atoms with van der Waals surface area (Å²) in [4.78, 5) is 8.23. The predicted octanol–water partition coefficient (Wildman–Crippen LogP) is 3.21. The second-order valence-electron chi connectivity index (χ2n) is 4.70. The zero-order valence-corrected chi connectivity index (χ0v) is 11.4. The molecule has 2 rings (SSSR count). The molecule has 19 heavy (non-hydrogen) atoms. The molecule has 1 aromatic rings. The zero-order valence-electron chi connectivity index (χ0n) is 11.4. The van der Waals surface area contributed by atoms with Crippen LogP contribution in [0.3, 0.4) is 0 Å². The number of aryl methyl sites for hydroxylation is 1. The normalized spacial score (nSPS) is 18.0. The molecule has 1 heterocycles. The number of allylic oxidation sites excluding steroid dienone is 5. The number of hydrogen-bond donors (Lipinski definition) is 2. The number of nitrogens with zero attached hydrogens (tertiary/aromatic N) is 2. The summed E-state index contributed by atoms with van der Waals surface area (Å²) in [6.45, 7) is 4.10. The Labute approximate surface area is 114 Å². The van der Waals surface area contributed by atoms with Crippen LogP contribution in [0, 0.1) is 12.8 Å². The smallest absolute Gasteiger partial charge is 0.222 e. The van der Waals surface area contributed by atoms with E-state index in [1.807, 2.05) is 19.1 Å². The van der Waals surface area contributed by atoms with E-state index < -0.39 is 0 Å². The van der Waals surface area contributed by atoms with Crippen LogP contribution in [0.2, 0.25) is 0 Å². The van der Waals surface area contributed by atoms with Gasteiger partial charge in [0.05, 0.1) is 0 Å². The molecule has 0 saturated carbocycles. The van der Waals surface area contributed by atoms with E-state index in [0.29, 0.717) is 11.9 Å². The Balaban J connectivity index is 2.09. The maximum Gasteiger partial charge on any atom is 0.222 e. The Bertz CT molecular complexity index is 509. The first-order valence-corrected chi connectivity index (χ1v) is 6.62. The number of nitrogens with two attached hydrogens (primary N) is 1. The predicted molar refractivity (Wildman–Crippen MR) is 79.6 cm³/mol. The molecule has 1 aliphatic carbocycles. The summed E-state index contributed by atoms with van der Waals surface area (Å²) in [6.07, 6.45) is 13.0. The van der Waals surface area contributed by atoms with Crippen molar-refractivity contribution >= 4 is 11.8 Å². The van der Waals surface area contributed by atoms with E-state index in [4.69, 9.17) is 5.73 Å². The lowest BCUT2D eigenvalue weighted by atomic mass is 10.0. The van der Waals surface area contributed by atoms with Gasteiger partial charge in [-0.15, -0.1) is 0 Å². The first-order valence-electron chi connectivity index (χ1n) is 6.62. The molecule has 0 fully saturated rings. The number of hydrogen-bond acceptors (Lipinski definition) is 4. The molecule has 3 N–H and O–H groups in total. The molecule has 1 aliphatic rings. The molecule has 0 spiro atoms. The number of nitrogen functional groups attached to an aromatic ring is 1. The van der Waals surface area contributed by atoms with Crippen molar-refractivity contribution in [3.8, 4) is 0 Å². The summed E-state index contributed by atoms with van der Waals surface area (Å²) < 4.78 is 0. The van der Waals surface area contributed by atoms with Crippen LogP contribution in [-0.2, 0) is 0 Å². The van der Waals surface area contributed by atoms with E-state index in [2.05, 4.69) is 46.5 Å². The van der Waals surface area contributed by atoms with E-state index >= 15 is 0 Å². The van der Waals surface area contributed by atoms with Crippen LogP contribution in [0.15, 0.2) is 42.1 Å². The highest BCUT2D eigenvalue weighted by Crippen LogP contribution is 2.17. The van der Waals surface area contributed by atoms with Crippen molar-refractivity contribution in [2.45, 2.75) is 26.7 Å². The van der Waals surface area contributed by atoms with E-state index in [1.165, 1.54) is 12.8 Å². The summed E-state index contributed by atoms with van der Waals surface area (Å²) >= 11 is 0. The Hall–Kier alpha value is -2.10. The van der Waals surface area contributed by atoms with Crippen molar-refractivity contribution in [2.24, 2.45) is 5.92 Å². The maximum atomic E-state index is 5.64. The fourth-order valence-corrected chi connectivity index (χ4v) is 2.06. The SMILES string of the molecule is CCCC1C=CC=C(Nc2cc(C)nc(N)n2)C=C1. The van der Waals surface area contributed by atoms with Crippen LogP contribution in [0.4, 0.5) is 11.8 Å². The molecule has 0 aromatic carbocycles. The van der Waals surface area contributed by atoms with Crippen LogP contribution >= 0.6 is 0 Å². The number of aromatic nitrogens is 2. The molecular formula is C15H20N4. The van der Waals surface area contributed by atoms with E-state index in [0.717, 1.165) is 17.2 Å². The highest BCUT2D eigenvalue weighted by molar-refractivity contribution is 5.49. The fraction of sp³-hybridized carbons (Fsp3) is 0.333. The first-order chi connectivity index (χ1) is 9.17. The minimum absolute atomic E-state index is 0.292. The summed E-state index contributed by atoms with van der Waals surface area (Å²) in [6, 6.07) is 1.88. The molecule has 0 amide bonds. The Morgan fingerprint density at radius 1 is 1.32 bits per heavy atom. The number of anilines is 2. The van der Waals surface area contributed by atoms with Crippen LogP contribution < -0.4 is 11.1 Å². The molecule has 100 valence electrons. The van der Waals surface area contributed by atoms with Crippen molar-refractivity contribution in [3.63, 3.8) is 0 Å². The molecule has 0 saturated heterocycles. The van der Waals surface area contributed by atoms with Crippen molar-refractivity contribution in [3.05, 3.63) is 47.8 Å². The largest absolute Gasteiger partial charge is 0.368 e. The Morgan fingerprint density at radius 2 is 2.16 bits per heavy atom. The second-order valence-corrected chi connectivity index (χ2v) is 4.70. The first kappa shape index (κ1) is 13.3. The van der Waals surface area contributed by atoms with Crippen molar-refractivity contribution in [1.29, 1.82) is 0 Å². The standard InChI is InChI=1S/C15H20N4/c1-3-5-12-6-4-7-13(9-8-12)18-14-10-11(2)17-15(16)19-14/h4,6-10,12H,3,5H2,1-2H3,(H3,16,17,18,19). The summed E-state index contributed by atoms with van der Waals surface area (Å²) in [7, 11) is 0. The summed E-state index contributed by atoms with van der Waals surface area (Å²) in [5, 5.41) is 3.26. The van der Waals surface area contributed by atoms with Crippen molar-refractivity contribution in [2.75, 3.05) is 11.1 Å². The molecular weight excluding hydrogens is 236 g/mol. The van der Waals surface area contributed by atoms with Gasteiger partial charge < -0.3 is 11.1 Å². The van der Waals surface area contributed by atoms with Crippen molar-refractivity contribution in [1.82, 2.24) is 9.97 Å². The van der Waals surface area contributed by atoms with E-state index in [9.17, 15) is 0 Å². The van der Waals surface area contributed by atoms with E-state index in [1.54, 1.807) is 0 Å². The second kappa shape index (κ2) is 6.18. The van der Waals surface area contributed by atoms with Crippen LogP contribution in [0.25, 0.3) is 0 Å². The highest BCUT2D eigenvalue weighted by Gasteiger charge is 2.04. The molecule has 4 heteroatoms. The lowest BCUT2D eigenvalue weighted by Gasteiger charge is -2.07. The highest BCUT2D eigenvalue weighted by atomic mass is 15.1. The van der Waals surface area contributed by atoms with Gasteiger partial charge in [0.15, 0.2) is 0 Å². The topological polar surface area (TPSA) is 63.8 Å². The molecule has 1 aromatic heterocycles. The average molecular weight is 256 g/mol. The van der Waals surface area contributed by atoms with Crippen molar-refractivity contribution < 1.29 is 0 Å². The molecule has 1 unspecified atom stereocenters. The number of rotatable bonds is 4. The van der Waals surface area contributed by atoms with Gasteiger partial charge in [0.2, 0.25) is 5.95 Å². The quantitative estimate of drug-likeness (QED) is 0.868. The van der Waals surface area contributed by atoms with Gasteiger partial charge in [-0.3, -0.25) is 0 Å². The zero-order chi connectivity index (χ0) is 13.7. The van der Waals surface area contributed by atoms with Gasteiger partial charge in [-0.2, -0.15) is 4.98 Å². The van der Waals surface area contributed by atoms with Crippen LogP contribution in [-0.4, -0.2) is 9.97 Å². The third-order valence-corrected chi connectivity index (χ3v) is 2.92. The van der Waals surface area contributed by atoms with Crippen LogP contribution in [0.1, 0.15) is 25.5 Å². The number of nitrogens with one attached hydrogen (secondary N) is 1. The van der Waals surface area contributed by atoms with Gasteiger partial charge >= 0.3 is 0 Å². The molecule has 0 aliphatic heterocycles. The molecule has 4 nitrogen and oxygen atoms in total. The monoisotopic (exact) mass is 256 g/mol. The van der Waals surface area contributed by atoms with Gasteiger partial charge in [0.25, 0.3) is 0 Å². The van der Waals surface area contributed by atoms with Gasteiger partial charge in [-0.25, -0.2) is 4.98 Å². The lowest BCUT2D eigenvalue weighted by Crippen LogP contribution is -2.04. The van der Waals surface area contributed by atoms with Gasteiger partial charge in [-0.05, 0) is 31.4 Å². The van der Waals surface area contributed by atoms with E-state index in [-0.39, 0.29) is 0 Å². The minimum atomic E-state index is 0.292. The minimum Gasteiger partial charge on any atom is -0.368 e. The van der Waals surface area contributed by atoms with Crippen LogP contribution in [0.5, 0.6) is 0 Å². The lowest BCUT2D eigenvalue weighted by molar-refractivity contribution is 0.691. The van der Waals surface area contributed by atoms with Gasteiger partial charge in [0.1, 0.15) is 5.82 Å². The van der Waals surface area contributed by atoms with Gasteiger partial charge in [0, 0.05) is 17.5 Å². The molecule has 0 radical (unpaired) electrons. The third kappa shape index (κ3) is 3.95. The Morgan fingerprint density at radius 3 is 2.89 bits per heavy atom. The molecule has 1 atom stereocenters. The average Bonchev–Trinajstić information content (AvgIpc) is 2.54. The van der Waals surface area contributed by atoms with Gasteiger partial charge in [-0.1, -0.05) is 31.6 Å². The fourth-order valence-electron chi connectivity index (χ4n) is 2.06. The Kier molecular flexibility index (Phi) is 4.34. The third-order valence-electron chi connectivity index (χ3n) is 2.92. The summed E-state index contributed by atoms with van der Waals surface area (Å²) in [5.41, 5.74) is 7.50. The molecule has 0 bridgehead atoms. The summed E-state index contributed by atoms with van der Waals surface area (Å²) in [5.74, 6) is 1.53.